The van der Waals surface area contributed by atoms with Gasteiger partial charge in [0.15, 0.2) is 0 Å². The van der Waals surface area contributed by atoms with Gasteiger partial charge in [-0.2, -0.15) is 0 Å². The molecule has 0 unspecified atom stereocenters. The molecule has 1 heterocycles. The van der Waals surface area contributed by atoms with E-state index in [-0.39, 0.29) is 51.1 Å². The van der Waals surface area contributed by atoms with Crippen molar-refractivity contribution in [1.29, 1.82) is 0 Å². The third kappa shape index (κ3) is 10.3. The molecule has 0 amide bonds. The number of hydrogen-bond donors (Lipinski definition) is 0. The molecule has 76 heavy (non-hydrogen) atoms. The summed E-state index contributed by atoms with van der Waals surface area (Å²) < 4.78 is 121. The van der Waals surface area contributed by atoms with Crippen LogP contribution in [0.5, 0.6) is 0 Å². The molecule has 0 spiro atoms. The van der Waals surface area contributed by atoms with E-state index in [2.05, 4.69) is 52.0 Å². The van der Waals surface area contributed by atoms with E-state index in [4.69, 9.17) is 0 Å². The Morgan fingerprint density at radius 3 is 0.855 bits per heavy atom. The SMILES string of the molecule is CC(C)C[N+]1(CC(C)C)Cc2c(-c3cc(-c4cc(F)cc(F)c4)cc(-c4cc(F)cc(F)c4)c3)cc3ccccc3c2-c2c(c(-c3cc(-c4cc(F)cc(F)c4)cc(-c4cc(F)cc(F)c4)c3)cc3ccccc23)C1.[Br-]. The summed E-state index contributed by atoms with van der Waals surface area (Å²) in [6.07, 6.45) is 0. The lowest BCUT2D eigenvalue weighted by Crippen LogP contribution is -3.00. The fourth-order valence-corrected chi connectivity index (χ4v) is 11.9. The highest BCUT2D eigenvalue weighted by molar-refractivity contribution is 6.12. The average Bonchev–Trinajstić information content (AvgIpc) is 3.49. The predicted molar refractivity (Wildman–Crippen MR) is 286 cm³/mol. The lowest BCUT2D eigenvalue weighted by molar-refractivity contribution is -0.958. The second-order valence-corrected chi connectivity index (χ2v) is 21.0. The van der Waals surface area contributed by atoms with Crippen LogP contribution in [0.4, 0.5) is 35.1 Å². The smallest absolute Gasteiger partial charge is 0.126 e. The molecule has 0 bridgehead atoms. The molecule has 0 aliphatic carbocycles. The fourth-order valence-electron chi connectivity index (χ4n) is 11.9. The first-order valence-electron chi connectivity index (χ1n) is 25.1. The van der Waals surface area contributed by atoms with Crippen molar-refractivity contribution in [2.45, 2.75) is 40.8 Å². The van der Waals surface area contributed by atoms with Gasteiger partial charge in [-0.3, -0.25) is 0 Å². The van der Waals surface area contributed by atoms with Crippen LogP contribution in [0, 0.1) is 58.4 Å². The molecule has 11 rings (SSSR count). The van der Waals surface area contributed by atoms with Crippen LogP contribution in [0.15, 0.2) is 170 Å². The van der Waals surface area contributed by atoms with E-state index in [0.717, 1.165) is 92.3 Å². The average molecular weight is 1090 g/mol. The summed E-state index contributed by atoms with van der Waals surface area (Å²) in [5, 5.41) is 3.71. The number of hydrogen-bond acceptors (Lipinski definition) is 0. The Balaban J connectivity index is 0.00000657. The van der Waals surface area contributed by atoms with Crippen molar-refractivity contribution in [2.75, 3.05) is 13.1 Å². The van der Waals surface area contributed by atoms with Crippen LogP contribution in [-0.4, -0.2) is 17.6 Å². The molecule has 0 radical (unpaired) electrons. The maximum Gasteiger partial charge on any atom is 0.126 e. The number of quaternary nitrogens is 1. The van der Waals surface area contributed by atoms with Crippen molar-refractivity contribution in [1.82, 2.24) is 0 Å². The van der Waals surface area contributed by atoms with E-state index >= 15 is 35.1 Å². The van der Waals surface area contributed by atoms with Crippen molar-refractivity contribution < 1.29 is 56.6 Å². The number of rotatable bonds is 10. The van der Waals surface area contributed by atoms with Crippen LogP contribution >= 0.6 is 0 Å². The minimum absolute atomic E-state index is 0. The van der Waals surface area contributed by atoms with Gasteiger partial charge in [0.05, 0.1) is 13.1 Å². The zero-order chi connectivity index (χ0) is 52.4. The highest BCUT2D eigenvalue weighted by Gasteiger charge is 2.39. The number of benzene rings is 10. The highest BCUT2D eigenvalue weighted by atomic mass is 79.9. The molecule has 1 nitrogen and oxygen atoms in total. The lowest BCUT2D eigenvalue weighted by Gasteiger charge is -2.41. The Morgan fingerprint density at radius 2 is 0.579 bits per heavy atom. The monoisotopic (exact) mass is 1090 g/mol. The zero-order valence-corrected chi connectivity index (χ0v) is 43.6. The van der Waals surface area contributed by atoms with E-state index in [0.29, 0.717) is 51.0 Å². The molecule has 10 aromatic carbocycles. The molecule has 1 aliphatic heterocycles. The van der Waals surface area contributed by atoms with E-state index in [1.807, 2.05) is 60.7 Å². The summed E-state index contributed by atoms with van der Waals surface area (Å²) in [6, 6.07) is 44.6. The van der Waals surface area contributed by atoms with Gasteiger partial charge in [-0.15, -0.1) is 0 Å². The van der Waals surface area contributed by atoms with Gasteiger partial charge >= 0.3 is 0 Å². The molecule has 0 fully saturated rings. The zero-order valence-electron chi connectivity index (χ0n) is 42.0. The molecule has 0 aromatic heterocycles. The second kappa shape index (κ2) is 20.6. The van der Waals surface area contributed by atoms with Crippen LogP contribution in [0.1, 0.15) is 38.8 Å². The van der Waals surface area contributed by atoms with E-state index in [9.17, 15) is 0 Å². The molecule has 10 heteroatoms. The van der Waals surface area contributed by atoms with Crippen LogP contribution < -0.4 is 17.0 Å². The van der Waals surface area contributed by atoms with Gasteiger partial charge < -0.3 is 21.5 Å². The van der Waals surface area contributed by atoms with Gasteiger partial charge in [-0.1, -0.05) is 76.2 Å². The summed E-state index contributed by atoms with van der Waals surface area (Å²) >= 11 is 0. The van der Waals surface area contributed by atoms with Gasteiger partial charge in [-0.25, -0.2) is 35.1 Å². The molecule has 0 atom stereocenters. The van der Waals surface area contributed by atoms with Gasteiger partial charge in [0.1, 0.15) is 59.6 Å². The van der Waals surface area contributed by atoms with Crippen molar-refractivity contribution in [3.63, 3.8) is 0 Å². The first-order chi connectivity index (χ1) is 35.9. The minimum atomic E-state index is -0.777. The quantitative estimate of drug-likeness (QED) is 0.0946. The van der Waals surface area contributed by atoms with Crippen molar-refractivity contribution in [3.05, 3.63) is 228 Å². The maximum atomic E-state index is 15.1. The van der Waals surface area contributed by atoms with E-state index < -0.39 is 46.5 Å². The lowest BCUT2D eigenvalue weighted by atomic mass is 9.81. The maximum absolute atomic E-state index is 15.1. The summed E-state index contributed by atoms with van der Waals surface area (Å²) in [5.74, 6) is -5.82. The summed E-state index contributed by atoms with van der Waals surface area (Å²) in [7, 11) is 0. The molecule has 0 N–H and O–H groups in total. The third-order valence-electron chi connectivity index (χ3n) is 14.3. The Hall–Kier alpha value is -7.40. The molecular weight excluding hydrogens is 1040 g/mol. The third-order valence-corrected chi connectivity index (χ3v) is 14.3. The van der Waals surface area contributed by atoms with Gasteiger partial charge in [0, 0.05) is 58.4 Å². The number of nitrogens with zero attached hydrogens (tertiary/aromatic N) is 1. The molecule has 382 valence electrons. The molecule has 0 saturated carbocycles. The van der Waals surface area contributed by atoms with Crippen molar-refractivity contribution >= 4 is 21.5 Å². The summed E-state index contributed by atoms with van der Waals surface area (Å²) in [4.78, 5) is 0. The normalized spacial score (nSPS) is 13.0. The first-order valence-corrected chi connectivity index (χ1v) is 25.1. The standard InChI is InChI=1S/C66H50F8N.BrH/c1-37(2)33-75(34-38(3)4)35-63-61(49-15-41(45-19-51(67)29-52(68)20-45)13-42(16-49)46-21-53(69)30-54(70)22-46)27-39-9-5-7-11-59(39)65(63)66-60-12-8-6-10-40(60)28-62(64(66)36-75)50-17-43(47-23-55(71)31-56(72)24-47)14-44(18-50)48-25-57(73)32-58(74)26-48;/h5-32,37-38H,33-36H2,1-4H3;1H/q+1;/p-1. The molecular formula is C66H50BrF8N. The van der Waals surface area contributed by atoms with Gasteiger partial charge in [0.2, 0.25) is 0 Å². The summed E-state index contributed by atoms with van der Waals surface area (Å²) in [5.41, 5.74) is 9.60. The molecule has 10 aromatic rings. The van der Waals surface area contributed by atoms with Crippen LogP contribution in [0.3, 0.4) is 0 Å². The molecule has 1 aliphatic rings. The van der Waals surface area contributed by atoms with Crippen LogP contribution in [0.2, 0.25) is 0 Å². The largest absolute Gasteiger partial charge is 1.00 e. The van der Waals surface area contributed by atoms with Gasteiger partial charge in [0.25, 0.3) is 0 Å². The Labute approximate surface area is 447 Å². The van der Waals surface area contributed by atoms with E-state index in [1.165, 1.54) is 48.5 Å². The van der Waals surface area contributed by atoms with Crippen molar-refractivity contribution in [3.8, 4) is 77.9 Å². The number of fused-ring (bicyclic) bond motifs is 7. The minimum Gasteiger partial charge on any atom is -1.00 e. The Morgan fingerprint density at radius 1 is 0.329 bits per heavy atom. The molecule has 0 saturated heterocycles. The van der Waals surface area contributed by atoms with Crippen molar-refractivity contribution in [2.24, 2.45) is 11.8 Å². The first kappa shape index (κ1) is 52.1. The Kier molecular flexibility index (Phi) is 14.1. The fraction of sp³-hybridized carbons (Fsp3) is 0.152. The van der Waals surface area contributed by atoms with Crippen LogP contribution in [-0.2, 0) is 13.1 Å². The second-order valence-electron chi connectivity index (χ2n) is 21.0. The van der Waals surface area contributed by atoms with Gasteiger partial charge in [-0.05, 0) is 185 Å². The number of halogens is 9. The predicted octanol–water partition coefficient (Wildman–Crippen LogP) is 15.9. The van der Waals surface area contributed by atoms with E-state index in [1.54, 1.807) is 12.1 Å². The summed E-state index contributed by atoms with van der Waals surface area (Å²) in [6.45, 7) is 11.3. The topological polar surface area (TPSA) is 0 Å². The Bertz CT molecular complexity index is 3450. The highest BCUT2D eigenvalue weighted by Crippen LogP contribution is 2.52. The van der Waals surface area contributed by atoms with Crippen LogP contribution in [0.25, 0.3) is 99.4 Å².